The number of phenolic OH excluding ortho intramolecular Hbond substituents is 1. The zero-order chi connectivity index (χ0) is 18.4. The molecule has 0 heterocycles. The van der Waals surface area contributed by atoms with E-state index in [1.807, 2.05) is 67.6 Å². The molecule has 0 unspecified atom stereocenters. The lowest BCUT2D eigenvalue weighted by atomic mass is 9.88. The topological polar surface area (TPSA) is 61.7 Å². The second-order valence-electron chi connectivity index (χ2n) is 5.97. The van der Waals surface area contributed by atoms with Gasteiger partial charge in [0.15, 0.2) is 0 Å². The second kappa shape index (κ2) is 8.12. The Morgan fingerprint density at radius 2 is 1.35 bits per heavy atom. The summed E-state index contributed by atoms with van der Waals surface area (Å²) in [5.41, 5.74) is 5.69. The van der Waals surface area contributed by atoms with Crippen LogP contribution in [0.3, 0.4) is 0 Å². The maximum atomic E-state index is 12.3. The highest BCUT2D eigenvalue weighted by Crippen LogP contribution is 2.26. The Kier molecular flexibility index (Phi) is 5.44. The highest BCUT2D eigenvalue weighted by atomic mass is 16.3. The van der Waals surface area contributed by atoms with Crippen LogP contribution in [0.15, 0.2) is 90.0 Å². The molecule has 0 fully saturated rings. The van der Waals surface area contributed by atoms with Gasteiger partial charge in [0.25, 0.3) is 5.91 Å². The van der Waals surface area contributed by atoms with Gasteiger partial charge < -0.3 is 5.11 Å². The number of nitrogens with one attached hydrogen (secondary N) is 1. The number of para-hydroxylation sites is 1. The van der Waals surface area contributed by atoms with Crippen LogP contribution in [0.25, 0.3) is 0 Å². The van der Waals surface area contributed by atoms with Crippen molar-refractivity contribution in [1.29, 1.82) is 0 Å². The van der Waals surface area contributed by atoms with Gasteiger partial charge in [0.05, 0.1) is 5.56 Å². The highest BCUT2D eigenvalue weighted by molar-refractivity contribution is 5.98. The van der Waals surface area contributed by atoms with Gasteiger partial charge in [-0.25, -0.2) is 5.43 Å². The molecule has 0 aliphatic carbocycles. The van der Waals surface area contributed by atoms with Crippen LogP contribution >= 0.6 is 0 Å². The van der Waals surface area contributed by atoms with Crippen LogP contribution < -0.4 is 5.43 Å². The average molecular weight is 344 g/mol. The number of carbonyl (C=O) groups excluding carboxylic acids is 1. The highest BCUT2D eigenvalue weighted by Gasteiger charge is 2.18. The molecule has 0 saturated carbocycles. The summed E-state index contributed by atoms with van der Waals surface area (Å²) in [7, 11) is 0. The molecule has 1 amide bonds. The lowest BCUT2D eigenvalue weighted by Crippen LogP contribution is -2.22. The Morgan fingerprint density at radius 3 is 1.88 bits per heavy atom. The van der Waals surface area contributed by atoms with Crippen LogP contribution in [0.2, 0.25) is 0 Å². The minimum absolute atomic E-state index is 0.0675. The Hall–Kier alpha value is -3.40. The molecule has 3 aromatic carbocycles. The maximum absolute atomic E-state index is 12.3. The van der Waals surface area contributed by atoms with Crippen LogP contribution in [0, 0.1) is 0 Å². The van der Waals surface area contributed by atoms with E-state index >= 15 is 0 Å². The lowest BCUT2D eigenvalue weighted by Gasteiger charge is -2.18. The van der Waals surface area contributed by atoms with E-state index in [4.69, 9.17) is 0 Å². The molecule has 0 aromatic heterocycles. The van der Waals surface area contributed by atoms with Crippen molar-refractivity contribution in [2.75, 3.05) is 0 Å². The van der Waals surface area contributed by atoms with Gasteiger partial charge in [-0.3, -0.25) is 4.79 Å². The molecule has 26 heavy (non-hydrogen) atoms. The molecule has 0 saturated heterocycles. The molecule has 0 atom stereocenters. The predicted molar refractivity (Wildman–Crippen MR) is 103 cm³/mol. The quantitative estimate of drug-likeness (QED) is 0.534. The number of hydrazone groups is 1. The summed E-state index contributed by atoms with van der Waals surface area (Å²) in [4.78, 5) is 12.3. The Morgan fingerprint density at radius 1 is 0.846 bits per heavy atom. The zero-order valence-corrected chi connectivity index (χ0v) is 14.5. The third kappa shape index (κ3) is 3.98. The van der Waals surface area contributed by atoms with Crippen molar-refractivity contribution in [1.82, 2.24) is 5.43 Å². The first-order chi connectivity index (χ1) is 12.7. The van der Waals surface area contributed by atoms with Crippen molar-refractivity contribution in [3.05, 3.63) is 102 Å². The fourth-order valence-electron chi connectivity index (χ4n) is 2.90. The number of hydrogen-bond donors (Lipinski definition) is 2. The standard InChI is InChI=1S/C22H20N2O2/c1-16(23-24-22(26)19-14-8-9-15-20(19)25)21(17-10-4-2-5-11-17)18-12-6-3-7-13-18/h2-15,21,25H,1H3,(H,24,26)/b23-16+. The molecule has 3 rings (SSSR count). The molecule has 2 N–H and O–H groups in total. The molecule has 4 nitrogen and oxygen atoms in total. The van der Waals surface area contributed by atoms with Gasteiger partial charge >= 0.3 is 0 Å². The zero-order valence-electron chi connectivity index (χ0n) is 14.5. The number of amides is 1. The Bertz CT molecular complexity index is 866. The Balaban J connectivity index is 1.88. The predicted octanol–water partition coefficient (Wildman–Crippen LogP) is 4.33. The number of nitrogens with zero attached hydrogens (tertiary/aromatic N) is 1. The van der Waals surface area contributed by atoms with E-state index in [-0.39, 0.29) is 17.2 Å². The van der Waals surface area contributed by atoms with E-state index in [1.54, 1.807) is 18.2 Å². The van der Waals surface area contributed by atoms with Crippen molar-refractivity contribution < 1.29 is 9.90 Å². The SMILES string of the molecule is C/C(=N\NC(=O)c1ccccc1O)C(c1ccccc1)c1ccccc1. The van der Waals surface area contributed by atoms with Crippen LogP contribution in [-0.2, 0) is 0 Å². The average Bonchev–Trinajstić information content (AvgIpc) is 2.68. The molecular weight excluding hydrogens is 324 g/mol. The summed E-state index contributed by atoms with van der Waals surface area (Å²) in [6.07, 6.45) is 0. The third-order valence-corrected chi connectivity index (χ3v) is 4.17. The Labute approximate surface area is 152 Å². The van der Waals surface area contributed by atoms with Crippen molar-refractivity contribution >= 4 is 11.6 Å². The first-order valence-corrected chi connectivity index (χ1v) is 8.39. The smallest absolute Gasteiger partial charge is 0.275 e. The summed E-state index contributed by atoms with van der Waals surface area (Å²) >= 11 is 0. The summed E-state index contributed by atoms with van der Waals surface area (Å²) in [5, 5.41) is 14.1. The number of rotatable bonds is 5. The van der Waals surface area contributed by atoms with Gasteiger partial charge in [-0.15, -0.1) is 0 Å². The molecule has 0 bridgehead atoms. The molecule has 0 spiro atoms. The van der Waals surface area contributed by atoms with Gasteiger partial charge in [-0.05, 0) is 30.2 Å². The van der Waals surface area contributed by atoms with Gasteiger partial charge in [-0.1, -0.05) is 72.8 Å². The van der Waals surface area contributed by atoms with Crippen molar-refractivity contribution in [3.8, 4) is 5.75 Å². The van der Waals surface area contributed by atoms with Crippen molar-refractivity contribution in [3.63, 3.8) is 0 Å². The molecule has 130 valence electrons. The van der Waals surface area contributed by atoms with E-state index in [9.17, 15) is 9.90 Å². The lowest BCUT2D eigenvalue weighted by molar-refractivity contribution is 0.0952. The number of benzene rings is 3. The van der Waals surface area contributed by atoms with E-state index < -0.39 is 5.91 Å². The minimum atomic E-state index is -0.442. The van der Waals surface area contributed by atoms with Crippen LogP contribution in [0.5, 0.6) is 5.75 Å². The molecule has 4 heteroatoms. The molecular formula is C22H20N2O2. The minimum Gasteiger partial charge on any atom is -0.507 e. The summed E-state index contributed by atoms with van der Waals surface area (Å²) < 4.78 is 0. The molecule has 0 aliphatic heterocycles. The summed E-state index contributed by atoms with van der Waals surface area (Å²) in [6, 6.07) is 26.5. The van der Waals surface area contributed by atoms with Crippen LogP contribution in [0.4, 0.5) is 0 Å². The largest absolute Gasteiger partial charge is 0.507 e. The second-order valence-corrected chi connectivity index (χ2v) is 5.97. The number of hydrogen-bond acceptors (Lipinski definition) is 3. The number of phenols is 1. The number of carbonyl (C=O) groups is 1. The monoisotopic (exact) mass is 344 g/mol. The fraction of sp³-hybridized carbons (Fsp3) is 0.0909. The van der Waals surface area contributed by atoms with E-state index in [0.717, 1.165) is 16.8 Å². The van der Waals surface area contributed by atoms with Gasteiger partial charge in [0, 0.05) is 11.6 Å². The molecule has 3 aromatic rings. The summed E-state index contributed by atoms with van der Waals surface area (Å²) in [6.45, 7) is 1.88. The van der Waals surface area contributed by atoms with Crippen molar-refractivity contribution in [2.45, 2.75) is 12.8 Å². The van der Waals surface area contributed by atoms with Gasteiger partial charge in [0.2, 0.25) is 0 Å². The van der Waals surface area contributed by atoms with E-state index in [2.05, 4.69) is 10.5 Å². The number of aromatic hydroxyl groups is 1. The maximum Gasteiger partial charge on any atom is 0.275 e. The normalized spacial score (nSPS) is 11.4. The van der Waals surface area contributed by atoms with Crippen molar-refractivity contribution in [2.24, 2.45) is 5.10 Å². The summed E-state index contributed by atoms with van der Waals surface area (Å²) in [5.74, 6) is -0.579. The third-order valence-electron chi connectivity index (χ3n) is 4.17. The molecule has 0 radical (unpaired) electrons. The van der Waals surface area contributed by atoms with Crippen LogP contribution in [0.1, 0.15) is 34.3 Å². The fourth-order valence-corrected chi connectivity index (χ4v) is 2.90. The molecule has 0 aliphatic rings. The van der Waals surface area contributed by atoms with Gasteiger partial charge in [0.1, 0.15) is 5.75 Å². The van der Waals surface area contributed by atoms with Crippen LogP contribution in [-0.4, -0.2) is 16.7 Å². The van der Waals surface area contributed by atoms with Gasteiger partial charge in [-0.2, -0.15) is 5.10 Å². The van der Waals surface area contributed by atoms with E-state index in [1.165, 1.54) is 6.07 Å². The first-order valence-electron chi connectivity index (χ1n) is 8.39. The van der Waals surface area contributed by atoms with E-state index in [0.29, 0.717) is 0 Å². The first kappa shape index (κ1) is 17.4.